The molecule has 7 nitrogen and oxygen atoms in total. The predicted octanol–water partition coefficient (Wildman–Crippen LogP) is 2.13. The van der Waals surface area contributed by atoms with Crippen molar-refractivity contribution in [1.82, 2.24) is 29.9 Å². The van der Waals surface area contributed by atoms with E-state index in [9.17, 15) is 0 Å². The Bertz CT molecular complexity index is 843. The second kappa shape index (κ2) is 6.76. The zero-order valence-corrected chi connectivity index (χ0v) is 14.7. The maximum atomic E-state index is 4.58. The van der Waals surface area contributed by atoms with Gasteiger partial charge in [-0.25, -0.2) is 9.97 Å². The Balaban J connectivity index is 1.76. The Labute approximate surface area is 147 Å². The van der Waals surface area contributed by atoms with Crippen LogP contribution in [0, 0.1) is 0 Å². The Morgan fingerprint density at radius 2 is 1.96 bits per heavy atom. The summed E-state index contributed by atoms with van der Waals surface area (Å²) < 4.78 is 1.78. The average molecular weight is 337 g/mol. The van der Waals surface area contributed by atoms with Crippen molar-refractivity contribution >= 4 is 17.0 Å². The third kappa shape index (κ3) is 3.07. The lowest BCUT2D eigenvalue weighted by atomic mass is 10.0. The first-order chi connectivity index (χ1) is 12.2. The molecule has 1 aliphatic rings. The van der Waals surface area contributed by atoms with Crippen molar-refractivity contribution in [2.24, 2.45) is 0 Å². The third-order valence-corrected chi connectivity index (χ3v) is 4.69. The number of para-hydroxylation sites is 1. The van der Waals surface area contributed by atoms with Gasteiger partial charge in [0.15, 0.2) is 17.0 Å². The number of fused-ring (bicyclic) bond motifs is 1. The molecule has 1 unspecified atom stereocenters. The number of benzene rings is 1. The summed E-state index contributed by atoms with van der Waals surface area (Å²) in [6, 6.07) is 10.4. The molecule has 130 valence electrons. The average Bonchev–Trinajstić information content (AvgIpc) is 3.07. The second-order valence-electron chi connectivity index (χ2n) is 6.81. The molecule has 1 fully saturated rings. The highest BCUT2D eigenvalue weighted by Gasteiger charge is 2.27. The van der Waals surface area contributed by atoms with Crippen LogP contribution in [0.25, 0.3) is 16.9 Å². The molecule has 4 rings (SSSR count). The fraction of sp³-hybridized carbons (Fsp3) is 0.444. The molecule has 1 saturated heterocycles. The number of aromatic nitrogens is 5. The summed E-state index contributed by atoms with van der Waals surface area (Å²) in [7, 11) is 4.24. The lowest BCUT2D eigenvalue weighted by Gasteiger charge is -2.37. The van der Waals surface area contributed by atoms with Crippen molar-refractivity contribution in [2.45, 2.75) is 25.3 Å². The largest absolute Gasteiger partial charge is 0.350 e. The van der Waals surface area contributed by atoms with Gasteiger partial charge in [0.1, 0.15) is 6.33 Å². The molecule has 3 aromatic rings. The van der Waals surface area contributed by atoms with E-state index in [0.29, 0.717) is 6.04 Å². The van der Waals surface area contributed by atoms with Crippen molar-refractivity contribution in [3.63, 3.8) is 0 Å². The first-order valence-electron chi connectivity index (χ1n) is 8.77. The molecule has 25 heavy (non-hydrogen) atoms. The minimum Gasteiger partial charge on any atom is -0.350 e. The lowest BCUT2D eigenvalue weighted by Crippen LogP contribution is -2.45. The highest BCUT2D eigenvalue weighted by atomic mass is 15.5. The van der Waals surface area contributed by atoms with Gasteiger partial charge in [0.2, 0.25) is 0 Å². The number of piperidine rings is 1. The fourth-order valence-electron chi connectivity index (χ4n) is 3.58. The second-order valence-corrected chi connectivity index (χ2v) is 6.81. The number of anilines is 1. The van der Waals surface area contributed by atoms with Gasteiger partial charge < -0.3 is 9.80 Å². The summed E-state index contributed by atoms with van der Waals surface area (Å²) in [5, 5.41) is 8.75. The lowest BCUT2D eigenvalue weighted by molar-refractivity contribution is 0.327. The van der Waals surface area contributed by atoms with Crippen molar-refractivity contribution in [3.8, 4) is 5.69 Å². The maximum Gasteiger partial charge on any atom is 0.189 e. The summed E-state index contributed by atoms with van der Waals surface area (Å²) >= 11 is 0. The van der Waals surface area contributed by atoms with E-state index in [1.165, 1.54) is 19.3 Å². The monoisotopic (exact) mass is 337 g/mol. The van der Waals surface area contributed by atoms with Crippen LogP contribution in [-0.4, -0.2) is 63.1 Å². The zero-order chi connectivity index (χ0) is 17.2. The molecule has 0 saturated carbocycles. The molecule has 3 heterocycles. The Kier molecular flexibility index (Phi) is 4.31. The van der Waals surface area contributed by atoms with Gasteiger partial charge in [-0.1, -0.05) is 23.4 Å². The molecule has 0 amide bonds. The molecule has 0 aliphatic carbocycles. The van der Waals surface area contributed by atoms with E-state index in [2.05, 4.69) is 44.2 Å². The van der Waals surface area contributed by atoms with E-state index >= 15 is 0 Å². The van der Waals surface area contributed by atoms with E-state index in [4.69, 9.17) is 0 Å². The number of hydrogen-bond acceptors (Lipinski definition) is 6. The van der Waals surface area contributed by atoms with Crippen molar-refractivity contribution in [1.29, 1.82) is 0 Å². The zero-order valence-electron chi connectivity index (χ0n) is 14.7. The number of likely N-dealkylation sites (N-methyl/N-ethyl adjacent to an activating group) is 1. The number of hydrogen-bond donors (Lipinski definition) is 0. The summed E-state index contributed by atoms with van der Waals surface area (Å²) in [6.07, 6.45) is 5.25. The van der Waals surface area contributed by atoms with Crippen LogP contribution >= 0.6 is 0 Å². The molecule has 0 N–H and O–H groups in total. The van der Waals surface area contributed by atoms with E-state index in [1.54, 1.807) is 11.0 Å². The van der Waals surface area contributed by atoms with E-state index < -0.39 is 0 Å². The first-order valence-corrected chi connectivity index (χ1v) is 8.77. The van der Waals surface area contributed by atoms with Crippen LogP contribution in [0.2, 0.25) is 0 Å². The highest BCUT2D eigenvalue weighted by molar-refractivity contribution is 5.83. The Hall–Kier alpha value is -2.54. The van der Waals surface area contributed by atoms with Gasteiger partial charge in [-0.15, -0.1) is 5.10 Å². The maximum absolute atomic E-state index is 4.58. The molecule has 1 aliphatic heterocycles. The Morgan fingerprint density at radius 3 is 2.76 bits per heavy atom. The molecule has 0 bridgehead atoms. The highest BCUT2D eigenvalue weighted by Crippen LogP contribution is 2.28. The van der Waals surface area contributed by atoms with Gasteiger partial charge in [0.25, 0.3) is 0 Å². The number of nitrogens with zero attached hydrogens (tertiary/aromatic N) is 7. The van der Waals surface area contributed by atoms with Crippen molar-refractivity contribution in [2.75, 3.05) is 32.1 Å². The van der Waals surface area contributed by atoms with E-state index in [1.807, 2.05) is 30.3 Å². The molecule has 0 radical (unpaired) electrons. The van der Waals surface area contributed by atoms with Gasteiger partial charge in [-0.2, -0.15) is 4.68 Å². The van der Waals surface area contributed by atoms with Crippen LogP contribution in [0.3, 0.4) is 0 Å². The standard InChI is InChI=1S/C18H23N7/c1-23(2)12-15-10-6-7-11-24(15)17-16-18(20-13-19-17)25(22-21-16)14-8-4-3-5-9-14/h3-5,8-9,13,15H,6-7,10-12H2,1-2H3. The van der Waals surface area contributed by atoms with Gasteiger partial charge in [0, 0.05) is 19.1 Å². The van der Waals surface area contributed by atoms with Crippen molar-refractivity contribution in [3.05, 3.63) is 36.7 Å². The van der Waals surface area contributed by atoms with Crippen LogP contribution in [0.4, 0.5) is 5.82 Å². The molecular formula is C18H23N7. The van der Waals surface area contributed by atoms with Gasteiger partial charge >= 0.3 is 0 Å². The van der Waals surface area contributed by atoms with Gasteiger partial charge in [0.05, 0.1) is 5.69 Å². The summed E-state index contributed by atoms with van der Waals surface area (Å²) in [5.41, 5.74) is 2.49. The summed E-state index contributed by atoms with van der Waals surface area (Å²) in [6.45, 7) is 2.02. The SMILES string of the molecule is CN(C)CC1CCCCN1c1ncnc2c1nnn2-c1ccccc1. The van der Waals surface area contributed by atoms with E-state index in [0.717, 1.165) is 35.8 Å². The minimum atomic E-state index is 0.448. The van der Waals surface area contributed by atoms with Gasteiger partial charge in [-0.05, 0) is 45.5 Å². The topological polar surface area (TPSA) is 63.0 Å². The molecule has 1 aromatic carbocycles. The van der Waals surface area contributed by atoms with Crippen LogP contribution in [0.5, 0.6) is 0 Å². The number of rotatable bonds is 4. The minimum absolute atomic E-state index is 0.448. The van der Waals surface area contributed by atoms with Crippen LogP contribution in [0.15, 0.2) is 36.7 Å². The Morgan fingerprint density at radius 1 is 1.12 bits per heavy atom. The summed E-state index contributed by atoms with van der Waals surface area (Å²) in [4.78, 5) is 13.6. The van der Waals surface area contributed by atoms with Crippen LogP contribution in [0.1, 0.15) is 19.3 Å². The van der Waals surface area contributed by atoms with Crippen LogP contribution in [-0.2, 0) is 0 Å². The molecule has 1 atom stereocenters. The normalized spacial score (nSPS) is 18.2. The van der Waals surface area contributed by atoms with Gasteiger partial charge in [-0.3, -0.25) is 0 Å². The molecule has 0 spiro atoms. The van der Waals surface area contributed by atoms with Crippen LogP contribution < -0.4 is 4.90 Å². The summed E-state index contributed by atoms with van der Waals surface area (Å²) in [5.74, 6) is 0.902. The molecule has 2 aromatic heterocycles. The van der Waals surface area contributed by atoms with Crippen molar-refractivity contribution < 1.29 is 0 Å². The first kappa shape index (κ1) is 16.0. The predicted molar refractivity (Wildman–Crippen MR) is 98.0 cm³/mol. The smallest absolute Gasteiger partial charge is 0.189 e. The van der Waals surface area contributed by atoms with E-state index in [-0.39, 0.29) is 0 Å². The molecular weight excluding hydrogens is 314 g/mol. The fourth-order valence-corrected chi connectivity index (χ4v) is 3.58. The third-order valence-electron chi connectivity index (χ3n) is 4.69. The molecule has 7 heteroatoms. The quantitative estimate of drug-likeness (QED) is 0.727.